The molecule has 0 amide bonds. The van der Waals surface area contributed by atoms with Crippen LogP contribution < -0.4 is 15.3 Å². The summed E-state index contributed by atoms with van der Waals surface area (Å²) >= 11 is 0. The summed E-state index contributed by atoms with van der Waals surface area (Å²) in [6.45, 7) is 4.69. The summed E-state index contributed by atoms with van der Waals surface area (Å²) in [5.74, 6) is -1.84. The SMILES string of the molecule is COC(=O)[C@H](C)NP(=O)(OC[C@@](C)(OC)[C@@H](OC(C)=O)[C@@H](OC(C)=O)c1ccc2c(N)ncnn12)Oc1ccccc1. The first kappa shape index (κ1) is 32.5. The number of hydrogen-bond acceptors (Lipinski definition) is 13. The summed E-state index contributed by atoms with van der Waals surface area (Å²) in [5.41, 5.74) is 5.01. The van der Waals surface area contributed by atoms with Crippen LogP contribution in [0, 0.1) is 0 Å². The summed E-state index contributed by atoms with van der Waals surface area (Å²) in [4.78, 5) is 40.7. The highest BCUT2D eigenvalue weighted by atomic mass is 31.2. The number of esters is 3. The van der Waals surface area contributed by atoms with E-state index in [0.717, 1.165) is 6.92 Å². The van der Waals surface area contributed by atoms with E-state index >= 15 is 0 Å². The molecule has 0 spiro atoms. The van der Waals surface area contributed by atoms with Crippen molar-refractivity contribution >= 4 is 37.0 Å². The molecule has 42 heavy (non-hydrogen) atoms. The Labute approximate surface area is 242 Å². The third kappa shape index (κ3) is 7.82. The minimum Gasteiger partial charge on any atom is -0.468 e. The van der Waals surface area contributed by atoms with Gasteiger partial charge in [-0.2, -0.15) is 10.2 Å². The van der Waals surface area contributed by atoms with Gasteiger partial charge in [-0.15, -0.1) is 0 Å². The fourth-order valence-corrected chi connectivity index (χ4v) is 5.56. The molecule has 0 bridgehead atoms. The smallest absolute Gasteiger partial charge is 0.459 e. The lowest BCUT2D eigenvalue weighted by Gasteiger charge is -2.39. The summed E-state index contributed by atoms with van der Waals surface area (Å²) in [5, 5.41) is 6.73. The van der Waals surface area contributed by atoms with E-state index < -0.39 is 56.1 Å². The summed E-state index contributed by atoms with van der Waals surface area (Å²) < 4.78 is 48.6. The molecule has 228 valence electrons. The van der Waals surface area contributed by atoms with Crippen LogP contribution >= 0.6 is 7.75 Å². The van der Waals surface area contributed by atoms with Crippen LogP contribution in [-0.4, -0.2) is 71.1 Å². The molecule has 1 aromatic carbocycles. The molecule has 0 aliphatic heterocycles. The molecule has 15 nitrogen and oxygen atoms in total. The lowest BCUT2D eigenvalue weighted by Crippen LogP contribution is -2.52. The number of methoxy groups -OCH3 is 2. The van der Waals surface area contributed by atoms with Gasteiger partial charge in [0, 0.05) is 21.0 Å². The zero-order chi connectivity index (χ0) is 31.1. The molecule has 1 unspecified atom stereocenters. The van der Waals surface area contributed by atoms with Crippen molar-refractivity contribution in [2.24, 2.45) is 0 Å². The monoisotopic (exact) mass is 607 g/mol. The number of nitrogen functional groups attached to an aromatic ring is 1. The van der Waals surface area contributed by atoms with Crippen molar-refractivity contribution in [3.05, 3.63) is 54.5 Å². The number of benzene rings is 1. The molecule has 2 aromatic heterocycles. The van der Waals surface area contributed by atoms with Gasteiger partial charge >= 0.3 is 25.7 Å². The number of ether oxygens (including phenoxy) is 4. The van der Waals surface area contributed by atoms with E-state index in [1.807, 2.05) is 0 Å². The number of fused-ring (bicyclic) bond motifs is 1. The van der Waals surface area contributed by atoms with Crippen LogP contribution in [0.1, 0.15) is 39.5 Å². The van der Waals surface area contributed by atoms with Crippen LogP contribution in [0.25, 0.3) is 5.52 Å². The predicted molar refractivity (Wildman–Crippen MR) is 148 cm³/mol. The van der Waals surface area contributed by atoms with Crippen LogP contribution in [-0.2, 0) is 42.4 Å². The molecule has 0 saturated carbocycles. The van der Waals surface area contributed by atoms with Crippen molar-refractivity contribution in [2.45, 2.75) is 51.5 Å². The van der Waals surface area contributed by atoms with E-state index in [0.29, 0.717) is 5.52 Å². The number of rotatable bonds is 14. The lowest BCUT2D eigenvalue weighted by molar-refractivity contribution is -0.199. The number of carbonyl (C=O) groups is 3. The van der Waals surface area contributed by atoms with Crippen molar-refractivity contribution in [3.8, 4) is 5.75 Å². The maximum atomic E-state index is 14.0. The highest BCUT2D eigenvalue weighted by molar-refractivity contribution is 7.52. The summed E-state index contributed by atoms with van der Waals surface area (Å²) in [6.07, 6.45) is -1.49. The number of para-hydroxylation sites is 1. The van der Waals surface area contributed by atoms with Crippen molar-refractivity contribution in [1.82, 2.24) is 19.7 Å². The minimum absolute atomic E-state index is 0.157. The fraction of sp³-hybridized carbons (Fsp3) is 0.423. The zero-order valence-corrected chi connectivity index (χ0v) is 24.9. The highest BCUT2D eigenvalue weighted by Gasteiger charge is 2.48. The molecule has 2 heterocycles. The molecular formula is C26H34N5O10P. The molecule has 5 atom stereocenters. The normalized spacial score (nSPS) is 16.3. The van der Waals surface area contributed by atoms with E-state index in [-0.39, 0.29) is 17.3 Å². The van der Waals surface area contributed by atoms with Gasteiger partial charge in [-0.1, -0.05) is 18.2 Å². The number of anilines is 1. The van der Waals surface area contributed by atoms with Gasteiger partial charge in [0.1, 0.15) is 29.2 Å². The molecule has 0 saturated heterocycles. The second-order valence-electron chi connectivity index (χ2n) is 9.33. The van der Waals surface area contributed by atoms with Crippen molar-refractivity contribution in [3.63, 3.8) is 0 Å². The zero-order valence-electron chi connectivity index (χ0n) is 24.0. The highest BCUT2D eigenvalue weighted by Crippen LogP contribution is 2.47. The van der Waals surface area contributed by atoms with Gasteiger partial charge in [-0.25, -0.2) is 14.1 Å². The van der Waals surface area contributed by atoms with Crippen LogP contribution in [0.5, 0.6) is 5.75 Å². The van der Waals surface area contributed by atoms with E-state index in [1.165, 1.54) is 45.8 Å². The van der Waals surface area contributed by atoms with Gasteiger partial charge in [0.05, 0.1) is 19.4 Å². The Hall–Kier alpha value is -4.04. The molecule has 0 aliphatic rings. The quantitative estimate of drug-likeness (QED) is 0.154. The molecule has 3 aromatic rings. The lowest BCUT2D eigenvalue weighted by atomic mass is 9.93. The maximum Gasteiger partial charge on any atom is 0.459 e. The van der Waals surface area contributed by atoms with Crippen LogP contribution in [0.4, 0.5) is 5.82 Å². The van der Waals surface area contributed by atoms with Crippen molar-refractivity contribution in [2.75, 3.05) is 26.6 Å². The Morgan fingerprint density at radius 3 is 2.33 bits per heavy atom. The van der Waals surface area contributed by atoms with Crippen LogP contribution in [0.2, 0.25) is 0 Å². The fourth-order valence-electron chi connectivity index (χ4n) is 3.98. The van der Waals surface area contributed by atoms with Gasteiger partial charge in [0.2, 0.25) is 0 Å². The standard InChI is InChI=1S/C26H34N5O10P/c1-16(25(34)36-5)30-42(35,41-19-10-8-7-9-11-19)38-14-26(4,37-6)23(40-18(3)33)22(39-17(2)32)20-12-13-21-24(27)28-15-29-31(20)21/h7-13,15-16,22-23H,14H2,1-6H3,(H,30,35)(H2,27,28,29)/t16-,22-,23-,26+,42?/m0/s1. The average Bonchev–Trinajstić information content (AvgIpc) is 3.38. The van der Waals surface area contributed by atoms with Crippen LogP contribution in [0.3, 0.4) is 0 Å². The van der Waals surface area contributed by atoms with Gasteiger partial charge in [-0.05, 0) is 38.1 Å². The number of carbonyl (C=O) groups excluding carboxylic acids is 3. The summed E-state index contributed by atoms with van der Waals surface area (Å²) in [7, 11) is -1.86. The number of nitrogens with zero attached hydrogens (tertiary/aromatic N) is 3. The van der Waals surface area contributed by atoms with Crippen molar-refractivity contribution in [1.29, 1.82) is 0 Å². The topological polar surface area (TPSA) is 192 Å². The van der Waals surface area contributed by atoms with Crippen molar-refractivity contribution < 1.29 is 46.9 Å². The minimum atomic E-state index is -4.33. The first-order valence-corrected chi connectivity index (χ1v) is 14.2. The number of aromatic nitrogens is 3. The number of nitrogens with one attached hydrogen (secondary N) is 1. The molecule has 0 aliphatic carbocycles. The number of hydrogen-bond donors (Lipinski definition) is 2. The molecule has 0 radical (unpaired) electrons. The van der Waals surface area contributed by atoms with E-state index in [4.69, 9.17) is 33.7 Å². The molecule has 3 N–H and O–H groups in total. The van der Waals surface area contributed by atoms with Gasteiger partial charge in [0.15, 0.2) is 18.0 Å². The average molecular weight is 608 g/mol. The Morgan fingerprint density at radius 2 is 1.74 bits per heavy atom. The van der Waals surface area contributed by atoms with Crippen LogP contribution in [0.15, 0.2) is 48.8 Å². The second kappa shape index (κ2) is 13.7. The largest absolute Gasteiger partial charge is 0.468 e. The molecular weight excluding hydrogens is 573 g/mol. The van der Waals surface area contributed by atoms with Gasteiger partial charge in [-0.3, -0.25) is 18.9 Å². The Kier molecular flexibility index (Phi) is 10.6. The van der Waals surface area contributed by atoms with Gasteiger partial charge < -0.3 is 29.2 Å². The van der Waals surface area contributed by atoms with E-state index in [2.05, 4.69) is 15.2 Å². The van der Waals surface area contributed by atoms with E-state index in [1.54, 1.807) is 42.5 Å². The predicted octanol–water partition coefficient (Wildman–Crippen LogP) is 2.61. The first-order chi connectivity index (χ1) is 19.8. The number of nitrogens with two attached hydrogens (primary N) is 1. The van der Waals surface area contributed by atoms with Gasteiger partial charge in [0.25, 0.3) is 0 Å². The Morgan fingerprint density at radius 1 is 1.07 bits per heavy atom. The third-order valence-corrected chi connectivity index (χ3v) is 7.75. The first-order valence-electron chi connectivity index (χ1n) is 12.6. The third-order valence-electron chi connectivity index (χ3n) is 6.13. The molecule has 0 fully saturated rings. The molecule has 16 heteroatoms. The summed E-state index contributed by atoms with van der Waals surface area (Å²) in [6, 6.07) is 10.2. The maximum absolute atomic E-state index is 14.0. The Balaban J connectivity index is 2.04. The Bertz CT molecular complexity index is 1450. The second-order valence-corrected chi connectivity index (χ2v) is 11.0. The molecule has 3 rings (SSSR count). The van der Waals surface area contributed by atoms with E-state index in [9.17, 15) is 18.9 Å².